The molecule has 2 aromatic rings. The fourth-order valence-electron chi connectivity index (χ4n) is 2.01. The number of nitrogens with one attached hydrogen (secondary N) is 2. The third kappa shape index (κ3) is 4.27. The van der Waals surface area contributed by atoms with Crippen LogP contribution < -0.4 is 10.6 Å². The predicted octanol–water partition coefficient (Wildman–Crippen LogP) is 2.39. The summed E-state index contributed by atoms with van der Waals surface area (Å²) in [4.78, 5) is 27.0. The van der Waals surface area contributed by atoms with Crippen LogP contribution in [0.1, 0.15) is 34.0 Å². The van der Waals surface area contributed by atoms with E-state index in [1.165, 1.54) is 0 Å². The van der Waals surface area contributed by atoms with E-state index in [0.717, 1.165) is 11.3 Å². The second-order valence-corrected chi connectivity index (χ2v) is 5.98. The average molecular weight is 335 g/mol. The van der Waals surface area contributed by atoms with Crippen molar-refractivity contribution in [2.75, 3.05) is 5.32 Å². The third-order valence-corrected chi connectivity index (χ3v) is 4.25. The third-order valence-electron chi connectivity index (χ3n) is 3.18. The highest BCUT2D eigenvalue weighted by atomic mass is 32.1. The molecule has 23 heavy (non-hydrogen) atoms. The molecular weight excluding hydrogens is 318 g/mol. The monoisotopic (exact) mass is 335 g/mol. The molecule has 0 bridgehead atoms. The maximum atomic E-state index is 11.9. The quantitative estimate of drug-likeness (QED) is 0.670. The molecule has 7 nitrogen and oxygen atoms in total. The lowest BCUT2D eigenvalue weighted by Gasteiger charge is -2.20. The molecule has 1 heterocycles. The minimum atomic E-state index is -1.08. The standard InChI is InChI=1S/C15H17N3O4S/c1-8(11(19)10-6-4-3-5-7-10)16-14(22)18-15-17-9(2)12(23-15)13(20)21/h3-8,11,19H,1-2H3,(H,20,21)(H2,16,17,18,22). The summed E-state index contributed by atoms with van der Waals surface area (Å²) in [6.07, 6.45) is -0.852. The molecule has 0 aliphatic carbocycles. The van der Waals surface area contributed by atoms with Crippen molar-refractivity contribution in [2.24, 2.45) is 0 Å². The molecule has 0 aliphatic rings. The van der Waals surface area contributed by atoms with Crippen LogP contribution in [-0.4, -0.2) is 33.2 Å². The lowest BCUT2D eigenvalue weighted by Crippen LogP contribution is -2.39. The van der Waals surface area contributed by atoms with E-state index in [1.54, 1.807) is 38.1 Å². The normalized spacial score (nSPS) is 13.2. The minimum Gasteiger partial charge on any atom is -0.477 e. The van der Waals surface area contributed by atoms with Crippen molar-refractivity contribution in [1.29, 1.82) is 0 Å². The van der Waals surface area contributed by atoms with Gasteiger partial charge in [0.25, 0.3) is 0 Å². The Hall–Kier alpha value is -2.45. The van der Waals surface area contributed by atoms with Crippen molar-refractivity contribution in [3.05, 3.63) is 46.5 Å². The zero-order valence-corrected chi connectivity index (χ0v) is 13.4. The Labute approximate surface area is 137 Å². The average Bonchev–Trinajstić information content (AvgIpc) is 2.87. The smallest absolute Gasteiger partial charge is 0.347 e. The number of rotatable bonds is 5. The summed E-state index contributed by atoms with van der Waals surface area (Å²) in [7, 11) is 0. The molecule has 2 atom stereocenters. The number of amides is 2. The van der Waals surface area contributed by atoms with E-state index in [0.29, 0.717) is 11.3 Å². The number of urea groups is 1. The van der Waals surface area contributed by atoms with Crippen LogP contribution >= 0.6 is 11.3 Å². The topological polar surface area (TPSA) is 112 Å². The Morgan fingerprint density at radius 1 is 1.26 bits per heavy atom. The molecule has 4 N–H and O–H groups in total. The molecule has 0 saturated heterocycles. The molecule has 0 saturated carbocycles. The molecule has 0 radical (unpaired) electrons. The SMILES string of the molecule is Cc1nc(NC(=O)NC(C)C(O)c2ccccc2)sc1C(=O)O. The maximum Gasteiger partial charge on any atom is 0.347 e. The minimum absolute atomic E-state index is 0.0812. The molecule has 1 aromatic carbocycles. The molecule has 1 aromatic heterocycles. The van der Waals surface area contributed by atoms with Gasteiger partial charge >= 0.3 is 12.0 Å². The Morgan fingerprint density at radius 2 is 1.91 bits per heavy atom. The van der Waals surface area contributed by atoms with E-state index >= 15 is 0 Å². The number of aromatic carboxylic acids is 1. The number of hydrogen-bond donors (Lipinski definition) is 4. The first-order valence-electron chi connectivity index (χ1n) is 6.89. The van der Waals surface area contributed by atoms with Crippen molar-refractivity contribution in [3.63, 3.8) is 0 Å². The number of thiazole rings is 1. The first-order chi connectivity index (χ1) is 10.9. The number of anilines is 1. The number of carbonyl (C=O) groups excluding carboxylic acids is 1. The van der Waals surface area contributed by atoms with Crippen molar-refractivity contribution in [1.82, 2.24) is 10.3 Å². The van der Waals surface area contributed by atoms with Crippen LogP contribution in [0.2, 0.25) is 0 Å². The molecule has 0 spiro atoms. The number of aliphatic hydroxyl groups excluding tert-OH is 1. The Morgan fingerprint density at radius 3 is 2.48 bits per heavy atom. The fraction of sp³-hybridized carbons (Fsp3) is 0.267. The highest BCUT2D eigenvalue weighted by molar-refractivity contribution is 7.17. The Balaban J connectivity index is 1.96. The van der Waals surface area contributed by atoms with Crippen molar-refractivity contribution < 1.29 is 19.8 Å². The Bertz CT molecular complexity index is 702. The molecule has 122 valence electrons. The van der Waals surface area contributed by atoms with Gasteiger partial charge in [-0.25, -0.2) is 14.6 Å². The van der Waals surface area contributed by atoms with Crippen LogP contribution in [-0.2, 0) is 0 Å². The Kier molecular flexibility index (Phi) is 5.30. The summed E-state index contributed by atoms with van der Waals surface area (Å²) in [6.45, 7) is 3.23. The van der Waals surface area contributed by atoms with Crippen molar-refractivity contribution >= 4 is 28.5 Å². The second kappa shape index (κ2) is 7.21. The lowest BCUT2D eigenvalue weighted by atomic mass is 10.0. The number of carboxylic acid groups (broad SMARTS) is 1. The highest BCUT2D eigenvalue weighted by Crippen LogP contribution is 2.22. The molecule has 2 amide bonds. The predicted molar refractivity (Wildman–Crippen MR) is 86.8 cm³/mol. The summed E-state index contributed by atoms with van der Waals surface area (Å²) in [6, 6.07) is 7.89. The van der Waals surface area contributed by atoms with Gasteiger partial charge in [0.15, 0.2) is 5.13 Å². The van der Waals surface area contributed by atoms with E-state index < -0.39 is 24.1 Å². The van der Waals surface area contributed by atoms with Gasteiger partial charge in [-0.1, -0.05) is 41.7 Å². The molecule has 0 aliphatic heterocycles. The number of carbonyl (C=O) groups is 2. The molecule has 8 heteroatoms. The van der Waals surface area contributed by atoms with Crippen molar-refractivity contribution in [2.45, 2.75) is 26.0 Å². The van der Waals surface area contributed by atoms with Gasteiger partial charge in [-0.05, 0) is 19.4 Å². The van der Waals surface area contributed by atoms with Gasteiger partial charge in [0, 0.05) is 0 Å². The van der Waals surface area contributed by atoms with Crippen LogP contribution in [0, 0.1) is 6.92 Å². The van der Waals surface area contributed by atoms with Gasteiger partial charge in [0.05, 0.1) is 17.8 Å². The van der Waals surface area contributed by atoms with E-state index in [-0.39, 0.29) is 10.0 Å². The summed E-state index contributed by atoms with van der Waals surface area (Å²) < 4.78 is 0. The van der Waals surface area contributed by atoms with Crippen LogP contribution in [0.5, 0.6) is 0 Å². The summed E-state index contributed by atoms with van der Waals surface area (Å²) in [5.41, 5.74) is 1.04. The number of hydrogen-bond acceptors (Lipinski definition) is 5. The fourth-order valence-corrected chi connectivity index (χ4v) is 2.81. The zero-order valence-electron chi connectivity index (χ0n) is 12.6. The van der Waals surface area contributed by atoms with Crippen LogP contribution in [0.3, 0.4) is 0 Å². The van der Waals surface area contributed by atoms with E-state index in [4.69, 9.17) is 5.11 Å². The number of aliphatic hydroxyl groups is 1. The number of nitrogens with zero attached hydrogens (tertiary/aromatic N) is 1. The number of aryl methyl sites for hydroxylation is 1. The summed E-state index contributed by atoms with van der Waals surface area (Å²) >= 11 is 0.883. The number of benzene rings is 1. The first kappa shape index (κ1) is 16.9. The molecular formula is C15H17N3O4S. The van der Waals surface area contributed by atoms with Gasteiger partial charge in [0.2, 0.25) is 0 Å². The van der Waals surface area contributed by atoms with Gasteiger partial charge in [-0.2, -0.15) is 0 Å². The van der Waals surface area contributed by atoms with E-state index in [2.05, 4.69) is 15.6 Å². The highest BCUT2D eigenvalue weighted by Gasteiger charge is 2.20. The first-order valence-corrected chi connectivity index (χ1v) is 7.71. The molecule has 2 rings (SSSR count). The summed E-state index contributed by atoms with van der Waals surface area (Å²) in [5, 5.41) is 24.4. The number of carboxylic acids is 1. The van der Waals surface area contributed by atoms with Crippen molar-refractivity contribution in [3.8, 4) is 0 Å². The van der Waals surface area contributed by atoms with Gasteiger partial charge in [-0.3, -0.25) is 5.32 Å². The van der Waals surface area contributed by atoms with E-state index in [1.807, 2.05) is 6.07 Å². The summed E-state index contributed by atoms with van der Waals surface area (Å²) in [5.74, 6) is -1.08. The zero-order chi connectivity index (χ0) is 17.0. The lowest BCUT2D eigenvalue weighted by molar-refractivity contribution is 0.0701. The van der Waals surface area contributed by atoms with Crippen LogP contribution in [0.25, 0.3) is 0 Å². The second-order valence-electron chi connectivity index (χ2n) is 4.98. The maximum absolute atomic E-state index is 11.9. The number of aromatic nitrogens is 1. The van der Waals surface area contributed by atoms with Gasteiger partial charge in [0.1, 0.15) is 4.88 Å². The van der Waals surface area contributed by atoms with Crippen LogP contribution in [0.15, 0.2) is 30.3 Å². The van der Waals surface area contributed by atoms with Crippen LogP contribution in [0.4, 0.5) is 9.93 Å². The molecule has 2 unspecified atom stereocenters. The van der Waals surface area contributed by atoms with Gasteiger partial charge in [-0.15, -0.1) is 0 Å². The van der Waals surface area contributed by atoms with Gasteiger partial charge < -0.3 is 15.5 Å². The molecule has 0 fully saturated rings. The largest absolute Gasteiger partial charge is 0.477 e. The van der Waals surface area contributed by atoms with E-state index in [9.17, 15) is 14.7 Å².